The largest absolute Gasteiger partial charge is 0.480 e. The Morgan fingerprint density at radius 2 is 1.33 bits per heavy atom. The molecule has 0 aliphatic carbocycles. The predicted octanol–water partition coefficient (Wildman–Crippen LogP) is -4.45. The number of hydrogen-bond acceptors (Lipinski definition) is 14. The lowest BCUT2D eigenvalue weighted by atomic mass is 9.96. The van der Waals surface area contributed by atoms with Gasteiger partial charge in [0.2, 0.25) is 35.4 Å². The van der Waals surface area contributed by atoms with E-state index in [1.807, 2.05) is 0 Å². The lowest BCUT2D eigenvalue weighted by Gasteiger charge is -2.44. The fraction of sp³-hybridized carbons (Fsp3) is 0.750. The van der Waals surface area contributed by atoms with Gasteiger partial charge >= 0.3 is 11.9 Å². The fourth-order valence-corrected chi connectivity index (χ4v) is 5.15. The van der Waals surface area contributed by atoms with Crippen molar-refractivity contribution >= 4 is 47.4 Å². The van der Waals surface area contributed by atoms with Gasteiger partial charge in [-0.3, -0.25) is 33.6 Å². The van der Waals surface area contributed by atoms with E-state index in [4.69, 9.17) is 25.1 Å². The molecule has 54 heavy (non-hydrogen) atoms. The van der Waals surface area contributed by atoms with Crippen LogP contribution in [0.5, 0.6) is 0 Å². The number of amides is 6. The minimum Gasteiger partial charge on any atom is -0.480 e. The molecule has 1 saturated heterocycles. The van der Waals surface area contributed by atoms with Gasteiger partial charge in [-0.05, 0) is 59.9 Å². The molecule has 1 aliphatic heterocycles. The molecule has 1 aliphatic rings. The number of hydrogen-bond donors (Lipinski definition) is 11. The summed E-state index contributed by atoms with van der Waals surface area (Å²) < 4.78 is 16.4. The molecule has 11 atom stereocenters. The van der Waals surface area contributed by atoms with Crippen molar-refractivity contribution in [1.29, 1.82) is 0 Å². The summed E-state index contributed by atoms with van der Waals surface area (Å²) in [6, 6.07) is -7.56. The van der Waals surface area contributed by atoms with Crippen molar-refractivity contribution in [1.82, 2.24) is 31.9 Å². The number of rotatable bonds is 23. The first kappa shape index (κ1) is 47.5. The molecular weight excluding hydrogens is 722 g/mol. The Labute approximate surface area is 311 Å². The molecule has 22 heteroatoms. The highest BCUT2D eigenvalue weighted by atomic mass is 16.7. The van der Waals surface area contributed by atoms with Crippen LogP contribution in [0.25, 0.3) is 0 Å². The molecule has 0 aromatic carbocycles. The molecule has 12 N–H and O–H groups in total. The second-order valence-electron chi connectivity index (χ2n) is 12.8. The van der Waals surface area contributed by atoms with Crippen LogP contribution in [0.1, 0.15) is 66.7 Å². The molecule has 6 amide bonds. The fourth-order valence-electron chi connectivity index (χ4n) is 5.15. The normalized spacial score (nSPS) is 22.9. The standard InChI is InChI=1S/C32H55N7O15/c1-14(26(44)36-16(3)30(48)49)35-29(47)19(9-7-8-12-33)38-22(42)11-10-20(31(50)51)39-27(45)15(2)34-28(46)17(4)53-25-23(37-18(5)41)32(52-6)54-21(13-40)24(25)43/h14-17,19-21,23-25,32,40,43H,7-13,33H2,1-6H3,(H,34,46)(H,35,47)(H,36,44)(H,37,41)(H,38,42)(H,39,45)(H,48,49)(H,50,51)/t14-,15+,16-,17-,19+,20-,21-,23-,24-,25-,32+/m1/s1. The Balaban J connectivity index is 2.86. The monoisotopic (exact) mass is 777 g/mol. The highest BCUT2D eigenvalue weighted by Crippen LogP contribution is 2.25. The minimum absolute atomic E-state index is 0.115. The average Bonchev–Trinajstić information content (AvgIpc) is 3.10. The molecule has 0 unspecified atom stereocenters. The lowest BCUT2D eigenvalue weighted by Crippen LogP contribution is -2.66. The Morgan fingerprint density at radius 3 is 1.85 bits per heavy atom. The first-order chi connectivity index (χ1) is 25.3. The molecule has 1 fully saturated rings. The van der Waals surface area contributed by atoms with Gasteiger partial charge in [0.05, 0.1) is 6.61 Å². The molecule has 0 radical (unpaired) electrons. The van der Waals surface area contributed by atoms with Gasteiger partial charge in [-0.2, -0.15) is 0 Å². The summed E-state index contributed by atoms with van der Waals surface area (Å²) in [5.41, 5.74) is 5.53. The number of carboxylic acid groups (broad SMARTS) is 2. The molecule has 0 bridgehead atoms. The number of nitrogens with two attached hydrogens (primary N) is 1. The number of aliphatic hydroxyl groups excluding tert-OH is 2. The van der Waals surface area contributed by atoms with Crippen molar-refractivity contribution in [2.24, 2.45) is 5.73 Å². The number of ether oxygens (including phenoxy) is 3. The van der Waals surface area contributed by atoms with Crippen molar-refractivity contribution in [3.05, 3.63) is 0 Å². The number of methoxy groups -OCH3 is 1. The van der Waals surface area contributed by atoms with Crippen molar-refractivity contribution in [2.45, 2.75) is 134 Å². The first-order valence-electron chi connectivity index (χ1n) is 17.3. The predicted molar refractivity (Wildman–Crippen MR) is 185 cm³/mol. The first-order valence-corrected chi connectivity index (χ1v) is 17.3. The molecule has 1 rings (SSSR count). The molecule has 0 saturated carbocycles. The van der Waals surface area contributed by atoms with Crippen LogP contribution < -0.4 is 37.6 Å². The van der Waals surface area contributed by atoms with E-state index in [1.54, 1.807) is 0 Å². The minimum atomic E-state index is -1.60. The Kier molecular flexibility index (Phi) is 20.5. The number of nitrogens with one attached hydrogen (secondary N) is 6. The summed E-state index contributed by atoms with van der Waals surface area (Å²) in [6.45, 7) is 5.97. The van der Waals surface area contributed by atoms with E-state index < -0.39 is 134 Å². The van der Waals surface area contributed by atoms with E-state index in [0.29, 0.717) is 19.4 Å². The summed E-state index contributed by atoms with van der Waals surface area (Å²) in [5, 5.41) is 53.3. The van der Waals surface area contributed by atoms with Crippen LogP contribution in [-0.4, -0.2) is 155 Å². The van der Waals surface area contributed by atoms with Gasteiger partial charge in [0.1, 0.15) is 60.7 Å². The van der Waals surface area contributed by atoms with Crippen LogP contribution in [0.3, 0.4) is 0 Å². The van der Waals surface area contributed by atoms with E-state index in [9.17, 15) is 53.7 Å². The second-order valence-corrected chi connectivity index (χ2v) is 12.8. The van der Waals surface area contributed by atoms with E-state index in [0.717, 1.165) is 0 Å². The summed E-state index contributed by atoms with van der Waals surface area (Å²) >= 11 is 0. The van der Waals surface area contributed by atoms with Gasteiger partial charge in [-0.15, -0.1) is 0 Å². The Morgan fingerprint density at radius 1 is 0.759 bits per heavy atom. The van der Waals surface area contributed by atoms with Crippen LogP contribution in [0.2, 0.25) is 0 Å². The van der Waals surface area contributed by atoms with Gasteiger partial charge in [0.25, 0.3) is 0 Å². The van der Waals surface area contributed by atoms with Crippen LogP contribution in [0.4, 0.5) is 0 Å². The van der Waals surface area contributed by atoms with Crippen molar-refractivity contribution in [3.8, 4) is 0 Å². The topological polar surface area (TPSA) is 343 Å². The third kappa shape index (κ3) is 15.5. The molecule has 0 aromatic rings. The zero-order valence-electron chi connectivity index (χ0n) is 31.2. The summed E-state index contributed by atoms with van der Waals surface area (Å²) in [6.07, 6.45) is -6.37. The molecule has 1 heterocycles. The van der Waals surface area contributed by atoms with Gasteiger partial charge in [0.15, 0.2) is 6.29 Å². The van der Waals surface area contributed by atoms with Crippen LogP contribution >= 0.6 is 0 Å². The van der Waals surface area contributed by atoms with E-state index >= 15 is 0 Å². The molecule has 0 spiro atoms. The zero-order valence-corrected chi connectivity index (χ0v) is 31.2. The number of carboxylic acids is 2. The lowest BCUT2D eigenvalue weighted by molar-refractivity contribution is -0.273. The Bertz CT molecular complexity index is 1320. The Hall–Kier alpha value is -4.48. The van der Waals surface area contributed by atoms with E-state index in [-0.39, 0.29) is 6.42 Å². The number of aliphatic carboxylic acids is 2. The van der Waals surface area contributed by atoms with Gasteiger partial charge < -0.3 is 72.3 Å². The summed E-state index contributed by atoms with van der Waals surface area (Å²) in [4.78, 5) is 98.8. The smallest absolute Gasteiger partial charge is 0.326 e. The van der Waals surface area contributed by atoms with Gasteiger partial charge in [0, 0.05) is 20.5 Å². The molecule has 308 valence electrons. The summed E-state index contributed by atoms with van der Waals surface area (Å²) in [5.74, 6) is -7.38. The maximum absolute atomic E-state index is 13.0. The molecule has 0 aromatic heterocycles. The van der Waals surface area contributed by atoms with Gasteiger partial charge in [-0.25, -0.2) is 4.79 Å². The third-order valence-electron chi connectivity index (χ3n) is 8.29. The number of carbonyl (C=O) groups is 8. The maximum atomic E-state index is 13.0. The highest BCUT2D eigenvalue weighted by molar-refractivity contribution is 5.94. The maximum Gasteiger partial charge on any atom is 0.326 e. The number of carbonyl (C=O) groups excluding carboxylic acids is 6. The number of aliphatic hydroxyl groups is 2. The molecular formula is C32H55N7O15. The van der Waals surface area contributed by atoms with Crippen molar-refractivity contribution in [3.63, 3.8) is 0 Å². The number of unbranched alkanes of at least 4 members (excludes halogenated alkanes) is 1. The van der Waals surface area contributed by atoms with Gasteiger partial charge in [-0.1, -0.05) is 0 Å². The van der Waals surface area contributed by atoms with Crippen LogP contribution in [0.15, 0.2) is 0 Å². The highest BCUT2D eigenvalue weighted by Gasteiger charge is 2.47. The third-order valence-corrected chi connectivity index (χ3v) is 8.29. The average molecular weight is 778 g/mol. The second kappa shape index (κ2) is 23.3. The van der Waals surface area contributed by atoms with Crippen LogP contribution in [-0.2, 0) is 52.6 Å². The quantitative estimate of drug-likeness (QED) is 0.0436. The summed E-state index contributed by atoms with van der Waals surface area (Å²) in [7, 11) is 1.26. The van der Waals surface area contributed by atoms with Crippen molar-refractivity contribution in [2.75, 3.05) is 20.3 Å². The van der Waals surface area contributed by atoms with E-state index in [1.165, 1.54) is 41.7 Å². The SMILES string of the molecule is CO[C@H]1O[C@H](CO)[C@@H](O)[C@H](O[C@H](C)C(=O)N[C@@H](C)C(=O)N[C@H](CCC(=O)N[C@@H](CCCCN)C(=O)N[C@H](C)C(=O)N[C@H](C)C(=O)O)C(=O)O)[C@H]1NC(C)=O. The zero-order chi connectivity index (χ0) is 41.3. The van der Waals surface area contributed by atoms with E-state index in [2.05, 4.69) is 31.9 Å². The van der Waals surface area contributed by atoms with Crippen molar-refractivity contribution < 1.29 is 73.0 Å². The van der Waals surface area contributed by atoms with Crippen LogP contribution in [0, 0.1) is 0 Å². The molecule has 22 nitrogen and oxygen atoms in total.